The number of carbonyl (C=O) groups excluding carboxylic acids is 1. The van der Waals surface area contributed by atoms with Crippen LogP contribution in [0.5, 0.6) is 5.88 Å². The molecule has 2 N–H and O–H groups in total. The van der Waals surface area contributed by atoms with Crippen molar-refractivity contribution in [3.8, 4) is 17.0 Å². The number of methoxy groups -OCH3 is 1. The van der Waals surface area contributed by atoms with Crippen LogP contribution >= 0.6 is 0 Å². The molecule has 0 saturated heterocycles. The van der Waals surface area contributed by atoms with E-state index in [9.17, 15) is 9.18 Å². The van der Waals surface area contributed by atoms with Gasteiger partial charge in [0.05, 0.1) is 17.9 Å². The number of nitrogens with zero attached hydrogens (tertiary/aromatic N) is 5. The summed E-state index contributed by atoms with van der Waals surface area (Å²) in [6.45, 7) is 1.98. The molecule has 32 heavy (non-hydrogen) atoms. The molecule has 1 aliphatic rings. The lowest BCUT2D eigenvalue weighted by Crippen LogP contribution is -2.52. The number of carbonyl (C=O) groups is 1. The summed E-state index contributed by atoms with van der Waals surface area (Å²) < 4.78 is 21.7. The van der Waals surface area contributed by atoms with Gasteiger partial charge in [0.25, 0.3) is 0 Å². The number of halogens is 1. The van der Waals surface area contributed by atoms with Crippen LogP contribution in [-0.2, 0) is 4.79 Å². The number of rotatable bonds is 5. The molecule has 0 unspecified atom stereocenters. The van der Waals surface area contributed by atoms with Crippen molar-refractivity contribution in [3.63, 3.8) is 0 Å². The van der Waals surface area contributed by atoms with Crippen molar-refractivity contribution in [1.29, 1.82) is 0 Å². The summed E-state index contributed by atoms with van der Waals surface area (Å²) in [5, 5.41) is 3.97. The minimum atomic E-state index is -0.416. The van der Waals surface area contributed by atoms with Crippen molar-refractivity contribution in [3.05, 3.63) is 36.7 Å². The zero-order valence-corrected chi connectivity index (χ0v) is 18.3. The summed E-state index contributed by atoms with van der Waals surface area (Å²) in [6, 6.07) is 1.53. The third-order valence-corrected chi connectivity index (χ3v) is 6.09. The summed E-state index contributed by atoms with van der Waals surface area (Å²) in [4.78, 5) is 30.3. The van der Waals surface area contributed by atoms with Crippen molar-refractivity contribution in [1.82, 2.24) is 29.2 Å². The van der Waals surface area contributed by atoms with Gasteiger partial charge in [0.1, 0.15) is 5.65 Å². The van der Waals surface area contributed by atoms with Crippen molar-refractivity contribution < 1.29 is 13.9 Å². The minimum absolute atomic E-state index is 0.0956. The maximum atomic E-state index is 14.5. The summed E-state index contributed by atoms with van der Waals surface area (Å²) in [5.41, 5.74) is 1.85. The fourth-order valence-electron chi connectivity index (χ4n) is 4.60. The molecule has 0 spiro atoms. The first-order valence-corrected chi connectivity index (χ1v) is 10.3. The second-order valence-corrected chi connectivity index (χ2v) is 8.73. The van der Waals surface area contributed by atoms with Gasteiger partial charge in [0.2, 0.25) is 17.7 Å². The van der Waals surface area contributed by atoms with E-state index < -0.39 is 5.82 Å². The lowest BCUT2D eigenvalue weighted by molar-refractivity contribution is -0.143. The quantitative estimate of drug-likeness (QED) is 0.498. The van der Waals surface area contributed by atoms with Crippen molar-refractivity contribution >= 4 is 28.5 Å². The minimum Gasteiger partial charge on any atom is -0.480 e. The zero-order valence-electron chi connectivity index (χ0n) is 18.3. The summed E-state index contributed by atoms with van der Waals surface area (Å²) in [5.74, 6) is 0.510. The third kappa shape index (κ3) is 3.14. The molecule has 9 nitrogen and oxygen atoms in total. The Kier molecular flexibility index (Phi) is 4.54. The van der Waals surface area contributed by atoms with Crippen LogP contribution in [0.1, 0.15) is 19.8 Å². The molecule has 4 aromatic rings. The van der Waals surface area contributed by atoms with E-state index >= 15 is 0 Å². The molecule has 4 aromatic heterocycles. The Hall–Kier alpha value is -3.69. The Bertz CT molecular complexity index is 1340. The fraction of sp³-hybridized carbons (Fsp3) is 0.364. The number of fused-ring (bicyclic) bond motifs is 2. The lowest BCUT2D eigenvalue weighted by Gasteiger charge is -2.45. The molecule has 1 fully saturated rings. The summed E-state index contributed by atoms with van der Waals surface area (Å²) in [7, 11) is 5.09. The molecule has 5 rings (SSSR count). The van der Waals surface area contributed by atoms with Crippen LogP contribution in [0.15, 0.2) is 30.9 Å². The van der Waals surface area contributed by atoms with Gasteiger partial charge in [0, 0.05) is 56.1 Å². The molecule has 4 heterocycles. The van der Waals surface area contributed by atoms with Crippen LogP contribution in [0.2, 0.25) is 0 Å². The molecule has 1 saturated carbocycles. The fourth-order valence-corrected chi connectivity index (χ4v) is 4.60. The van der Waals surface area contributed by atoms with E-state index in [1.165, 1.54) is 13.2 Å². The molecule has 0 aromatic carbocycles. The molecule has 0 aliphatic heterocycles. The van der Waals surface area contributed by atoms with Gasteiger partial charge in [0.15, 0.2) is 11.5 Å². The number of anilines is 1. The molecular formula is C22H24FN7O2. The monoisotopic (exact) mass is 437 g/mol. The van der Waals surface area contributed by atoms with Crippen LogP contribution in [0.4, 0.5) is 10.3 Å². The van der Waals surface area contributed by atoms with Gasteiger partial charge in [-0.15, -0.1) is 0 Å². The number of nitrogens with one attached hydrogen (secondary N) is 2. The molecule has 166 valence electrons. The van der Waals surface area contributed by atoms with E-state index in [1.807, 2.05) is 6.92 Å². The third-order valence-electron chi connectivity index (χ3n) is 6.09. The Balaban J connectivity index is 1.45. The molecule has 1 aliphatic carbocycles. The number of H-pyrrole nitrogens is 1. The molecular weight excluding hydrogens is 413 g/mol. The number of aromatic amines is 1. The van der Waals surface area contributed by atoms with Gasteiger partial charge in [-0.1, -0.05) is 6.92 Å². The number of ether oxygens (including phenoxy) is 1. The maximum absolute atomic E-state index is 14.5. The van der Waals surface area contributed by atoms with E-state index in [2.05, 4.69) is 25.3 Å². The van der Waals surface area contributed by atoms with E-state index in [-0.39, 0.29) is 23.0 Å². The lowest BCUT2D eigenvalue weighted by atomic mass is 9.66. The number of hydrogen-bond donors (Lipinski definition) is 2. The van der Waals surface area contributed by atoms with Crippen LogP contribution in [-0.4, -0.2) is 62.4 Å². The highest BCUT2D eigenvalue weighted by molar-refractivity contribution is 5.97. The molecule has 10 heteroatoms. The SMILES string of the molecule is COc1nc(N[C@H]2C[C@@](C)(C(=O)N(C)C)C2)nc2[nH]cc(-c3cc(F)c4nccn4c3)c12. The molecule has 0 radical (unpaired) electrons. The van der Waals surface area contributed by atoms with Crippen molar-refractivity contribution in [2.24, 2.45) is 5.41 Å². The van der Waals surface area contributed by atoms with Gasteiger partial charge in [-0.25, -0.2) is 9.37 Å². The Morgan fingerprint density at radius 2 is 2.16 bits per heavy atom. The predicted octanol–water partition coefficient (Wildman–Crippen LogP) is 3.09. The first kappa shape index (κ1) is 20.2. The van der Waals surface area contributed by atoms with Crippen molar-refractivity contribution in [2.45, 2.75) is 25.8 Å². The van der Waals surface area contributed by atoms with Gasteiger partial charge >= 0.3 is 0 Å². The molecule has 0 bridgehead atoms. The van der Waals surface area contributed by atoms with Crippen LogP contribution < -0.4 is 10.1 Å². The Morgan fingerprint density at radius 3 is 2.88 bits per heavy atom. The van der Waals surface area contributed by atoms with E-state index in [0.717, 1.165) is 5.56 Å². The largest absolute Gasteiger partial charge is 0.480 e. The molecule has 0 atom stereocenters. The number of aromatic nitrogens is 5. The standard InChI is InChI=1S/C22H24FN7O2/c1-22(20(31)29(2)3)8-13(9-22)26-21-27-17-16(19(28-21)32-4)14(10-25-17)12-7-15(23)18-24-5-6-30(18)11-12/h5-7,10-11,13H,8-9H2,1-4H3,(H2,25,26,27,28)/t13-,22+. The van der Waals surface area contributed by atoms with Gasteiger partial charge in [-0.3, -0.25) is 4.79 Å². The highest BCUT2D eigenvalue weighted by Gasteiger charge is 2.47. The number of amides is 1. The summed E-state index contributed by atoms with van der Waals surface area (Å²) in [6.07, 6.45) is 8.22. The van der Waals surface area contributed by atoms with E-state index in [1.54, 1.807) is 48.2 Å². The van der Waals surface area contributed by atoms with Crippen LogP contribution in [0, 0.1) is 11.2 Å². The van der Waals surface area contributed by atoms with Crippen LogP contribution in [0.25, 0.3) is 27.8 Å². The van der Waals surface area contributed by atoms with Gasteiger partial charge in [-0.05, 0) is 18.9 Å². The first-order valence-electron chi connectivity index (χ1n) is 10.3. The van der Waals surface area contributed by atoms with Gasteiger partial charge in [-0.2, -0.15) is 9.97 Å². The average molecular weight is 437 g/mol. The Labute approximate surface area is 183 Å². The van der Waals surface area contributed by atoms with Crippen molar-refractivity contribution in [2.75, 3.05) is 26.5 Å². The average Bonchev–Trinajstić information content (AvgIpc) is 3.38. The topological polar surface area (TPSA) is 100 Å². The predicted molar refractivity (Wildman–Crippen MR) is 118 cm³/mol. The zero-order chi connectivity index (χ0) is 22.6. The van der Waals surface area contributed by atoms with E-state index in [0.29, 0.717) is 41.3 Å². The highest BCUT2D eigenvalue weighted by Crippen LogP contribution is 2.43. The van der Waals surface area contributed by atoms with Crippen LogP contribution in [0.3, 0.4) is 0 Å². The Morgan fingerprint density at radius 1 is 1.38 bits per heavy atom. The number of imidazole rings is 1. The smallest absolute Gasteiger partial charge is 0.228 e. The summed E-state index contributed by atoms with van der Waals surface area (Å²) >= 11 is 0. The number of hydrogen-bond acceptors (Lipinski definition) is 6. The second kappa shape index (κ2) is 7.18. The molecule has 1 amide bonds. The normalized spacial score (nSPS) is 20.3. The number of pyridine rings is 1. The van der Waals surface area contributed by atoms with E-state index in [4.69, 9.17) is 4.74 Å². The van der Waals surface area contributed by atoms with Gasteiger partial charge < -0.3 is 24.3 Å². The maximum Gasteiger partial charge on any atom is 0.228 e. The first-order chi connectivity index (χ1) is 15.3. The highest BCUT2D eigenvalue weighted by atomic mass is 19.1. The second-order valence-electron chi connectivity index (χ2n) is 8.73.